The van der Waals surface area contributed by atoms with Crippen LogP contribution in [0.15, 0.2) is 0 Å². The zero-order valence-corrected chi connectivity index (χ0v) is 8.55. The van der Waals surface area contributed by atoms with Crippen molar-refractivity contribution >= 4 is 26.8 Å². The van der Waals surface area contributed by atoms with Gasteiger partial charge in [-0.05, 0) is 11.8 Å². The van der Waals surface area contributed by atoms with Crippen LogP contribution in [0.25, 0.3) is 0 Å². The molecular weight excluding hydrogens is 220 g/mol. The van der Waals surface area contributed by atoms with Gasteiger partial charge in [0.15, 0.2) is 9.84 Å². The van der Waals surface area contributed by atoms with Crippen molar-refractivity contribution in [3.63, 3.8) is 0 Å². The Hall–Kier alpha value is 0.0600. The Kier molecular flexibility index (Phi) is 2.60. The fraction of sp³-hybridized carbons (Fsp3) is 0.800. The Bertz CT molecular complexity index is 313. The van der Waals surface area contributed by atoms with Gasteiger partial charge in [-0.3, -0.25) is 10.7 Å². The lowest BCUT2D eigenvalue weighted by Gasteiger charge is -1.96. The number of nitrogens with one attached hydrogen (secondary N) is 1. The Labute approximate surface area is 81.3 Å². The quantitative estimate of drug-likeness (QED) is 0.434. The second-order valence-corrected chi connectivity index (χ2v) is 6.28. The molecule has 2 aliphatic heterocycles. The third kappa shape index (κ3) is 1.70. The van der Waals surface area contributed by atoms with Gasteiger partial charge in [-0.2, -0.15) is 0 Å². The third-order valence-electron chi connectivity index (χ3n) is 1.91. The van der Waals surface area contributed by atoms with E-state index < -0.39 is 9.84 Å². The number of fused-ring (bicyclic) bond motifs is 1. The fourth-order valence-electron chi connectivity index (χ4n) is 1.45. The fourth-order valence-corrected chi connectivity index (χ4v) is 5.07. The lowest BCUT2D eigenvalue weighted by molar-refractivity contribution is -0.487. The molecule has 12 heavy (non-hydrogen) atoms. The van der Waals surface area contributed by atoms with Gasteiger partial charge in [0.2, 0.25) is 0 Å². The van der Waals surface area contributed by atoms with Gasteiger partial charge in [0.1, 0.15) is 6.04 Å². The topological polar surface area (TPSA) is 74.1 Å². The molecule has 4 nitrogen and oxygen atoms in total. The van der Waals surface area contributed by atoms with Crippen LogP contribution in [0.3, 0.4) is 0 Å². The number of halogens is 1. The van der Waals surface area contributed by atoms with Gasteiger partial charge in [0.05, 0.1) is 16.8 Å². The van der Waals surface area contributed by atoms with Crippen LogP contribution < -0.4 is 23.1 Å². The zero-order valence-electron chi connectivity index (χ0n) is 6.16. The van der Waals surface area contributed by atoms with Crippen LogP contribution in [-0.4, -0.2) is 36.4 Å². The first-order chi connectivity index (χ1) is 5.07. The Morgan fingerprint density at radius 2 is 2.17 bits per heavy atom. The smallest absolute Gasteiger partial charge is 0.302 e. The van der Waals surface area contributed by atoms with E-state index in [0.717, 1.165) is 0 Å². The molecule has 0 aliphatic carbocycles. The largest absolute Gasteiger partial charge is 1.00 e. The van der Waals surface area contributed by atoms with E-state index in [-0.39, 0.29) is 35.2 Å². The minimum absolute atomic E-state index is 0. The number of amidine groups is 1. The summed E-state index contributed by atoms with van der Waals surface area (Å²) in [5.41, 5.74) is 5.49. The summed E-state index contributed by atoms with van der Waals surface area (Å²) in [6.45, 7) is 0. The van der Waals surface area contributed by atoms with Crippen LogP contribution in [0.2, 0.25) is 0 Å². The first kappa shape index (κ1) is 10.1. The van der Waals surface area contributed by atoms with E-state index in [9.17, 15) is 8.42 Å². The van der Waals surface area contributed by atoms with Crippen LogP contribution in [-0.2, 0) is 9.84 Å². The van der Waals surface area contributed by atoms with Crippen LogP contribution in [0.1, 0.15) is 0 Å². The summed E-state index contributed by atoms with van der Waals surface area (Å²) in [5.74, 6) is 0.515. The monoisotopic (exact) mass is 228 g/mol. The number of rotatable bonds is 0. The van der Waals surface area contributed by atoms with E-state index in [1.807, 2.05) is 0 Å². The van der Waals surface area contributed by atoms with E-state index >= 15 is 0 Å². The second-order valence-electron chi connectivity index (χ2n) is 2.85. The summed E-state index contributed by atoms with van der Waals surface area (Å²) < 4.78 is 22.1. The maximum Gasteiger partial charge on any atom is 0.302 e. The van der Waals surface area contributed by atoms with Crippen molar-refractivity contribution in [2.24, 2.45) is 5.73 Å². The number of hydrogen-bond donors (Lipinski definition) is 2. The average Bonchev–Trinajstić information content (AvgIpc) is 2.17. The lowest BCUT2D eigenvalue weighted by Crippen LogP contribution is -3.00. The minimum atomic E-state index is -2.78. The SMILES string of the molecule is NC1=[NH+][C@H]2CS(=O)(=O)C[C@H]2S1.[Cl-]. The number of thioether (sulfide) groups is 1. The van der Waals surface area contributed by atoms with Crippen molar-refractivity contribution in [1.82, 2.24) is 0 Å². The van der Waals surface area contributed by atoms with Crippen molar-refractivity contribution in [2.45, 2.75) is 11.3 Å². The Balaban J connectivity index is 0.000000720. The number of sulfone groups is 1. The molecule has 0 unspecified atom stereocenters. The van der Waals surface area contributed by atoms with Gasteiger partial charge >= 0.3 is 5.17 Å². The standard InChI is InChI=1S/C5H8N2O2S2.ClH/c6-5-7-3-1-11(8,9)2-4(3)10-5;/h3-4H,1-2H2,(H2,6,7);1H/t3-,4+;/m0./s1. The van der Waals surface area contributed by atoms with Crippen LogP contribution >= 0.6 is 11.8 Å². The molecule has 2 atom stereocenters. The average molecular weight is 229 g/mol. The molecule has 0 bridgehead atoms. The molecule has 3 N–H and O–H groups in total. The normalized spacial score (nSPS) is 36.8. The van der Waals surface area contributed by atoms with Crippen molar-refractivity contribution < 1.29 is 25.8 Å². The first-order valence-electron chi connectivity index (χ1n) is 3.33. The lowest BCUT2D eigenvalue weighted by atomic mass is 10.3. The van der Waals surface area contributed by atoms with Gasteiger partial charge in [0, 0.05) is 0 Å². The molecule has 0 aromatic heterocycles. The minimum Gasteiger partial charge on any atom is -1.00 e. The number of hydrogen-bond acceptors (Lipinski definition) is 4. The van der Waals surface area contributed by atoms with Crippen molar-refractivity contribution in [2.75, 3.05) is 11.5 Å². The van der Waals surface area contributed by atoms with E-state index in [0.29, 0.717) is 5.17 Å². The van der Waals surface area contributed by atoms with E-state index in [2.05, 4.69) is 4.99 Å². The molecule has 1 fully saturated rings. The second kappa shape index (κ2) is 3.08. The predicted octanol–water partition coefficient (Wildman–Crippen LogP) is -5.70. The van der Waals surface area contributed by atoms with E-state index in [4.69, 9.17) is 5.73 Å². The molecule has 0 aromatic rings. The van der Waals surface area contributed by atoms with Gasteiger partial charge in [-0.25, -0.2) is 8.42 Å². The van der Waals surface area contributed by atoms with Crippen molar-refractivity contribution in [3.05, 3.63) is 0 Å². The van der Waals surface area contributed by atoms with Gasteiger partial charge in [-0.15, -0.1) is 0 Å². The first-order valence-corrected chi connectivity index (χ1v) is 6.03. The van der Waals surface area contributed by atoms with E-state index in [1.54, 1.807) is 0 Å². The molecule has 7 heteroatoms. The molecule has 0 radical (unpaired) electrons. The molecule has 0 spiro atoms. The van der Waals surface area contributed by atoms with Gasteiger partial charge in [0.25, 0.3) is 0 Å². The summed E-state index contributed by atoms with van der Waals surface area (Å²) in [4.78, 5) is 2.95. The third-order valence-corrected chi connectivity index (χ3v) is 5.02. The molecule has 70 valence electrons. The number of nitrogens with two attached hydrogens (primary N) is 1. The summed E-state index contributed by atoms with van der Waals surface area (Å²) in [5, 5.41) is 0.815. The van der Waals surface area contributed by atoms with Gasteiger partial charge < -0.3 is 12.4 Å². The zero-order chi connectivity index (χ0) is 8.06. The highest BCUT2D eigenvalue weighted by Crippen LogP contribution is 2.24. The molecule has 2 heterocycles. The highest BCUT2D eigenvalue weighted by Gasteiger charge is 2.44. The molecule has 0 aromatic carbocycles. The molecular formula is C5H9ClN2O2S2. The summed E-state index contributed by atoms with van der Waals surface area (Å²) in [7, 11) is -2.78. The maximum absolute atomic E-state index is 11.0. The van der Waals surface area contributed by atoms with E-state index in [1.165, 1.54) is 11.8 Å². The van der Waals surface area contributed by atoms with Crippen LogP contribution in [0.4, 0.5) is 0 Å². The molecule has 1 saturated heterocycles. The highest BCUT2D eigenvalue weighted by molar-refractivity contribution is 8.15. The van der Waals surface area contributed by atoms with Crippen LogP contribution in [0, 0.1) is 0 Å². The summed E-state index contributed by atoms with van der Waals surface area (Å²) in [6.07, 6.45) is 0. The van der Waals surface area contributed by atoms with Crippen molar-refractivity contribution in [1.29, 1.82) is 0 Å². The highest BCUT2D eigenvalue weighted by atomic mass is 35.5. The maximum atomic E-state index is 11.0. The summed E-state index contributed by atoms with van der Waals surface area (Å²) >= 11 is 1.44. The van der Waals surface area contributed by atoms with Crippen molar-refractivity contribution in [3.8, 4) is 0 Å². The molecule has 2 rings (SSSR count). The van der Waals surface area contributed by atoms with Crippen LogP contribution in [0.5, 0.6) is 0 Å². The Morgan fingerprint density at radius 3 is 2.75 bits per heavy atom. The predicted molar refractivity (Wildman–Crippen MR) is 44.0 cm³/mol. The summed E-state index contributed by atoms with van der Waals surface area (Å²) in [6, 6.07) is 0.0602. The Morgan fingerprint density at radius 1 is 1.50 bits per heavy atom. The molecule has 2 aliphatic rings. The van der Waals surface area contributed by atoms with Gasteiger partial charge in [-0.1, -0.05) is 0 Å². The molecule has 0 amide bonds. The molecule has 0 saturated carbocycles.